The molecule has 1 aromatic carbocycles. The molecule has 1 unspecified atom stereocenters. The van der Waals surface area contributed by atoms with E-state index in [2.05, 4.69) is 45.4 Å². The molecule has 0 radical (unpaired) electrons. The van der Waals surface area contributed by atoms with Crippen LogP contribution < -0.4 is 0 Å². The number of benzene rings is 1. The molecule has 1 N–H and O–H groups in total. The number of likely N-dealkylation sites (tertiary alicyclic amines) is 1. The lowest BCUT2D eigenvalue weighted by Crippen LogP contribution is -2.40. The molecular formula is C14H17BrINO2. The summed E-state index contributed by atoms with van der Waals surface area (Å²) in [6.07, 6.45) is 2.03. The Labute approximate surface area is 135 Å². The summed E-state index contributed by atoms with van der Waals surface area (Å²) in [7, 11) is 0. The molecule has 1 saturated heterocycles. The lowest BCUT2D eigenvalue weighted by Gasteiger charge is -2.33. The summed E-state index contributed by atoms with van der Waals surface area (Å²) < 4.78 is 0.961. The van der Waals surface area contributed by atoms with Crippen LogP contribution in [0.25, 0.3) is 0 Å². The summed E-state index contributed by atoms with van der Waals surface area (Å²) in [5, 5.41) is 9.82. The third-order valence-corrected chi connectivity index (χ3v) is 5.08. The molecule has 0 aliphatic carbocycles. The molecule has 3 nitrogen and oxygen atoms in total. The van der Waals surface area contributed by atoms with Crippen molar-refractivity contribution < 1.29 is 9.90 Å². The molecule has 1 aliphatic heterocycles. The fourth-order valence-electron chi connectivity index (χ4n) is 2.41. The summed E-state index contributed by atoms with van der Waals surface area (Å²) >= 11 is 5.76. The third-order valence-electron chi connectivity index (χ3n) is 3.67. The van der Waals surface area contributed by atoms with Gasteiger partial charge in [0.2, 0.25) is 0 Å². The molecule has 0 bridgehead atoms. The second-order valence-corrected chi connectivity index (χ2v) is 7.66. The van der Waals surface area contributed by atoms with E-state index in [-0.39, 0.29) is 11.7 Å². The van der Waals surface area contributed by atoms with Crippen LogP contribution in [-0.2, 0) is 0 Å². The van der Waals surface area contributed by atoms with Crippen LogP contribution in [0.3, 0.4) is 0 Å². The molecule has 1 fully saturated rings. The number of piperidine rings is 1. The molecule has 104 valence electrons. The van der Waals surface area contributed by atoms with Crippen molar-refractivity contribution in [3.63, 3.8) is 0 Å². The standard InChI is InChI=1S/C14H17BrINO2/c1-9(15)10-4-6-17(7-5-10)14(19)12-8-11(16)2-3-13(12)18/h2-3,8-10,18H,4-7H2,1H3. The number of hydrogen-bond acceptors (Lipinski definition) is 2. The highest BCUT2D eigenvalue weighted by atomic mass is 127. The second-order valence-electron chi connectivity index (χ2n) is 4.97. The van der Waals surface area contributed by atoms with Crippen molar-refractivity contribution in [3.05, 3.63) is 27.3 Å². The van der Waals surface area contributed by atoms with E-state index in [0.29, 0.717) is 16.3 Å². The number of carbonyl (C=O) groups is 1. The van der Waals surface area contributed by atoms with E-state index in [9.17, 15) is 9.90 Å². The number of hydrogen-bond donors (Lipinski definition) is 1. The number of halogens is 2. The highest BCUT2D eigenvalue weighted by molar-refractivity contribution is 14.1. The van der Waals surface area contributed by atoms with Crippen molar-refractivity contribution in [2.45, 2.75) is 24.6 Å². The van der Waals surface area contributed by atoms with Gasteiger partial charge in [-0.15, -0.1) is 0 Å². The number of alkyl halides is 1. The van der Waals surface area contributed by atoms with Crippen LogP contribution in [0.1, 0.15) is 30.1 Å². The van der Waals surface area contributed by atoms with Crippen molar-refractivity contribution in [3.8, 4) is 5.75 Å². The van der Waals surface area contributed by atoms with Gasteiger partial charge >= 0.3 is 0 Å². The summed E-state index contributed by atoms with van der Waals surface area (Å²) in [6, 6.07) is 5.13. The molecule has 2 rings (SSSR count). The van der Waals surface area contributed by atoms with Gasteiger partial charge in [-0.05, 0) is 59.5 Å². The minimum atomic E-state index is -0.0586. The maximum absolute atomic E-state index is 12.4. The Bertz CT molecular complexity index is 471. The van der Waals surface area contributed by atoms with Gasteiger partial charge in [0.1, 0.15) is 5.75 Å². The summed E-state index contributed by atoms with van der Waals surface area (Å²) in [6.45, 7) is 3.70. The Balaban J connectivity index is 2.07. The van der Waals surface area contributed by atoms with Crippen molar-refractivity contribution in [2.75, 3.05) is 13.1 Å². The smallest absolute Gasteiger partial charge is 0.257 e. The fourth-order valence-corrected chi connectivity index (χ4v) is 3.43. The van der Waals surface area contributed by atoms with Gasteiger partial charge in [-0.3, -0.25) is 4.79 Å². The van der Waals surface area contributed by atoms with E-state index in [0.717, 1.165) is 29.5 Å². The lowest BCUT2D eigenvalue weighted by molar-refractivity contribution is 0.0688. The average molecular weight is 438 g/mol. The van der Waals surface area contributed by atoms with E-state index >= 15 is 0 Å². The fraction of sp³-hybridized carbons (Fsp3) is 0.500. The molecule has 1 heterocycles. The van der Waals surface area contributed by atoms with Crippen LogP contribution in [0.2, 0.25) is 0 Å². The first-order valence-electron chi connectivity index (χ1n) is 6.41. The predicted octanol–water partition coefficient (Wildman–Crippen LogP) is 3.63. The lowest BCUT2D eigenvalue weighted by atomic mass is 9.94. The van der Waals surface area contributed by atoms with Crippen LogP contribution in [-0.4, -0.2) is 33.8 Å². The van der Waals surface area contributed by atoms with E-state index in [1.54, 1.807) is 18.2 Å². The van der Waals surface area contributed by atoms with Crippen molar-refractivity contribution in [2.24, 2.45) is 5.92 Å². The number of phenolic OH excluding ortho intramolecular Hbond substituents is 1. The number of phenols is 1. The molecule has 1 amide bonds. The van der Waals surface area contributed by atoms with Crippen LogP contribution in [0.5, 0.6) is 5.75 Å². The maximum Gasteiger partial charge on any atom is 0.257 e. The highest BCUT2D eigenvalue weighted by Crippen LogP contribution is 2.27. The monoisotopic (exact) mass is 437 g/mol. The van der Waals surface area contributed by atoms with E-state index in [4.69, 9.17) is 0 Å². The molecule has 0 spiro atoms. The quantitative estimate of drug-likeness (QED) is 0.566. The summed E-state index contributed by atoms with van der Waals surface area (Å²) in [5.41, 5.74) is 0.414. The Morgan fingerprint density at radius 3 is 2.68 bits per heavy atom. The van der Waals surface area contributed by atoms with Gasteiger partial charge in [-0.1, -0.05) is 22.9 Å². The minimum Gasteiger partial charge on any atom is -0.507 e. The van der Waals surface area contributed by atoms with Crippen LogP contribution in [0, 0.1) is 9.49 Å². The first-order valence-corrected chi connectivity index (χ1v) is 8.40. The van der Waals surface area contributed by atoms with E-state index < -0.39 is 0 Å². The van der Waals surface area contributed by atoms with Crippen LogP contribution in [0.15, 0.2) is 18.2 Å². The topological polar surface area (TPSA) is 40.5 Å². The zero-order chi connectivity index (χ0) is 14.0. The molecule has 1 aliphatic rings. The number of rotatable bonds is 2. The molecular weight excluding hydrogens is 421 g/mol. The third kappa shape index (κ3) is 3.62. The zero-order valence-electron chi connectivity index (χ0n) is 10.8. The first kappa shape index (κ1) is 15.1. The normalized spacial score (nSPS) is 18.4. The molecule has 0 saturated carbocycles. The van der Waals surface area contributed by atoms with Crippen molar-refractivity contribution >= 4 is 44.4 Å². The number of carbonyl (C=O) groups excluding carboxylic acids is 1. The van der Waals surface area contributed by atoms with Crippen LogP contribution in [0.4, 0.5) is 0 Å². The Hall–Kier alpha value is -0.300. The Kier molecular flexibility index (Phi) is 5.11. The number of aromatic hydroxyl groups is 1. The predicted molar refractivity (Wildman–Crippen MR) is 87.8 cm³/mol. The largest absolute Gasteiger partial charge is 0.507 e. The van der Waals surface area contributed by atoms with E-state index in [1.807, 2.05) is 4.90 Å². The average Bonchev–Trinajstić information content (AvgIpc) is 2.41. The Morgan fingerprint density at radius 1 is 1.47 bits per heavy atom. The van der Waals surface area contributed by atoms with Gasteiger partial charge in [0.15, 0.2) is 0 Å². The molecule has 19 heavy (non-hydrogen) atoms. The van der Waals surface area contributed by atoms with Crippen LogP contribution >= 0.6 is 38.5 Å². The maximum atomic E-state index is 12.4. The summed E-state index contributed by atoms with van der Waals surface area (Å²) in [5.74, 6) is 0.645. The van der Waals surface area contributed by atoms with Gasteiger partial charge in [-0.2, -0.15) is 0 Å². The minimum absolute atomic E-state index is 0.0586. The molecule has 1 atom stereocenters. The molecule has 1 aromatic rings. The SMILES string of the molecule is CC(Br)C1CCN(C(=O)c2cc(I)ccc2O)CC1. The Morgan fingerprint density at radius 2 is 2.11 bits per heavy atom. The van der Waals surface area contributed by atoms with Gasteiger partial charge < -0.3 is 10.0 Å². The summed E-state index contributed by atoms with van der Waals surface area (Å²) in [4.78, 5) is 14.7. The van der Waals surface area contributed by atoms with E-state index in [1.165, 1.54) is 0 Å². The van der Waals surface area contributed by atoms with Gasteiger partial charge in [0.25, 0.3) is 5.91 Å². The van der Waals surface area contributed by atoms with Gasteiger partial charge in [-0.25, -0.2) is 0 Å². The van der Waals surface area contributed by atoms with Crippen molar-refractivity contribution in [1.29, 1.82) is 0 Å². The second kappa shape index (κ2) is 6.43. The first-order chi connectivity index (χ1) is 8.99. The highest BCUT2D eigenvalue weighted by Gasteiger charge is 2.27. The molecule has 0 aromatic heterocycles. The van der Waals surface area contributed by atoms with Crippen molar-refractivity contribution in [1.82, 2.24) is 4.90 Å². The number of nitrogens with zero attached hydrogens (tertiary/aromatic N) is 1. The number of amides is 1. The van der Waals surface area contributed by atoms with Gasteiger partial charge in [0, 0.05) is 21.5 Å². The zero-order valence-corrected chi connectivity index (χ0v) is 14.5. The molecule has 5 heteroatoms. The van der Waals surface area contributed by atoms with Gasteiger partial charge in [0.05, 0.1) is 5.56 Å².